The molecule has 0 bridgehead atoms. The summed E-state index contributed by atoms with van der Waals surface area (Å²) in [5.41, 5.74) is 1.02. The molecule has 0 fully saturated rings. The molecule has 0 saturated heterocycles. The Labute approximate surface area is 151 Å². The van der Waals surface area contributed by atoms with Crippen LogP contribution in [0.15, 0.2) is 58.3 Å². The van der Waals surface area contributed by atoms with Crippen LogP contribution < -0.4 is 10.0 Å². The summed E-state index contributed by atoms with van der Waals surface area (Å²) in [7, 11) is -3.71. The Hall–Kier alpha value is -1.87. The molecule has 0 radical (unpaired) electrons. The van der Waals surface area contributed by atoms with Crippen LogP contribution in [0.5, 0.6) is 0 Å². The van der Waals surface area contributed by atoms with Crippen LogP contribution in [0, 0.1) is 0 Å². The topological polar surface area (TPSA) is 95.5 Å². The highest BCUT2D eigenvalue weighted by Crippen LogP contribution is 2.20. The van der Waals surface area contributed by atoms with Crippen molar-refractivity contribution in [2.45, 2.75) is 22.8 Å². The maximum atomic E-state index is 12.3. The molecule has 2 aromatic carbocycles. The van der Waals surface area contributed by atoms with E-state index in [-0.39, 0.29) is 17.3 Å². The number of nitrogens with one attached hydrogen (secondary N) is 2. The van der Waals surface area contributed by atoms with Crippen molar-refractivity contribution in [1.29, 1.82) is 0 Å². The first-order valence-corrected chi connectivity index (χ1v) is 10.3. The van der Waals surface area contributed by atoms with Gasteiger partial charge < -0.3 is 10.4 Å². The predicted octanol–water partition coefficient (Wildman–Crippen LogP) is 2.32. The molecule has 3 N–H and O–H groups in total. The Morgan fingerprint density at radius 3 is 2.48 bits per heavy atom. The molecular weight excluding hydrogens is 360 g/mol. The molecule has 0 aliphatic carbocycles. The Kier molecular flexibility index (Phi) is 6.60. The molecule has 1 atom stereocenters. The van der Waals surface area contributed by atoms with Crippen molar-refractivity contribution in [3.63, 3.8) is 0 Å². The lowest BCUT2D eigenvalue weighted by atomic mass is 10.2. The van der Waals surface area contributed by atoms with Gasteiger partial charge in [-0.2, -0.15) is 0 Å². The number of aliphatic hydroxyl groups excluding tert-OH is 1. The van der Waals surface area contributed by atoms with Gasteiger partial charge in [-0.25, -0.2) is 13.1 Å². The second-order valence-corrected chi connectivity index (χ2v) is 8.06. The molecule has 2 aromatic rings. The lowest BCUT2D eigenvalue weighted by molar-refractivity contribution is 0.102. The molecule has 0 heterocycles. The molecule has 6 nitrogen and oxygen atoms in total. The average molecular weight is 380 g/mol. The number of hydrogen-bond donors (Lipinski definition) is 3. The second-order valence-electron chi connectivity index (χ2n) is 5.41. The molecule has 25 heavy (non-hydrogen) atoms. The van der Waals surface area contributed by atoms with Crippen LogP contribution in [-0.4, -0.2) is 38.3 Å². The van der Waals surface area contributed by atoms with E-state index in [0.29, 0.717) is 11.3 Å². The second kappa shape index (κ2) is 8.48. The molecular formula is C17H20N2O4S2. The van der Waals surface area contributed by atoms with Crippen LogP contribution in [0.3, 0.4) is 0 Å². The number of aliphatic hydroxyl groups is 1. The lowest BCUT2D eigenvalue weighted by Crippen LogP contribution is -2.30. The number of anilines is 1. The minimum atomic E-state index is -3.71. The molecule has 2 rings (SSSR count). The maximum absolute atomic E-state index is 12.3. The Balaban J connectivity index is 2.09. The molecule has 1 unspecified atom stereocenters. The van der Waals surface area contributed by atoms with E-state index < -0.39 is 16.1 Å². The van der Waals surface area contributed by atoms with E-state index in [2.05, 4.69) is 10.0 Å². The molecule has 0 aliphatic heterocycles. The highest BCUT2D eigenvalue weighted by atomic mass is 32.2. The van der Waals surface area contributed by atoms with Gasteiger partial charge in [0, 0.05) is 22.7 Å². The van der Waals surface area contributed by atoms with Gasteiger partial charge in [-0.15, -0.1) is 11.8 Å². The standard InChI is InChI=1S/C17H20N2O4S2/c1-12(20)11-18-25(22,23)16-8-6-13(7-9-16)17(21)19-14-4-3-5-15(10-14)24-2/h3-10,12,18,20H,11H2,1-2H3,(H,19,21). The van der Waals surface area contributed by atoms with E-state index in [1.807, 2.05) is 24.5 Å². The minimum absolute atomic E-state index is 0.0362. The van der Waals surface area contributed by atoms with Crippen molar-refractivity contribution in [2.75, 3.05) is 18.1 Å². The monoisotopic (exact) mass is 380 g/mol. The number of thioether (sulfide) groups is 1. The van der Waals surface area contributed by atoms with Crippen LogP contribution in [0.1, 0.15) is 17.3 Å². The summed E-state index contributed by atoms with van der Waals surface area (Å²) in [5.74, 6) is -0.320. The van der Waals surface area contributed by atoms with E-state index in [0.717, 1.165) is 4.90 Å². The smallest absolute Gasteiger partial charge is 0.255 e. The van der Waals surface area contributed by atoms with Crippen molar-refractivity contribution < 1.29 is 18.3 Å². The van der Waals surface area contributed by atoms with Gasteiger partial charge in [-0.3, -0.25) is 4.79 Å². The number of carbonyl (C=O) groups is 1. The highest BCUT2D eigenvalue weighted by Gasteiger charge is 2.15. The van der Waals surface area contributed by atoms with Crippen molar-refractivity contribution in [3.05, 3.63) is 54.1 Å². The first-order chi connectivity index (χ1) is 11.8. The summed E-state index contributed by atoms with van der Waals surface area (Å²) in [5, 5.41) is 12.0. The molecule has 0 aromatic heterocycles. The van der Waals surface area contributed by atoms with Crippen LogP contribution in [-0.2, 0) is 10.0 Å². The number of hydrogen-bond acceptors (Lipinski definition) is 5. The highest BCUT2D eigenvalue weighted by molar-refractivity contribution is 7.98. The van der Waals surface area contributed by atoms with Crippen molar-refractivity contribution in [3.8, 4) is 0 Å². The molecule has 8 heteroatoms. The van der Waals surface area contributed by atoms with Gasteiger partial charge in [-0.1, -0.05) is 6.07 Å². The molecule has 0 saturated carbocycles. The van der Waals surface area contributed by atoms with E-state index in [4.69, 9.17) is 0 Å². The van der Waals surface area contributed by atoms with Crippen molar-refractivity contribution in [1.82, 2.24) is 4.72 Å². The predicted molar refractivity (Wildman–Crippen MR) is 99.5 cm³/mol. The zero-order chi connectivity index (χ0) is 18.4. The summed E-state index contributed by atoms with van der Waals surface area (Å²) >= 11 is 1.57. The Bertz CT molecular complexity index is 834. The van der Waals surface area contributed by atoms with Gasteiger partial charge in [0.25, 0.3) is 5.91 Å². The number of sulfonamides is 1. The summed E-state index contributed by atoms with van der Waals surface area (Å²) in [6, 6.07) is 13.1. The van der Waals surface area contributed by atoms with E-state index in [9.17, 15) is 18.3 Å². The fourth-order valence-corrected chi connectivity index (χ4v) is 3.58. The zero-order valence-electron chi connectivity index (χ0n) is 13.9. The molecule has 134 valence electrons. The van der Waals surface area contributed by atoms with Crippen LogP contribution >= 0.6 is 11.8 Å². The maximum Gasteiger partial charge on any atom is 0.255 e. The minimum Gasteiger partial charge on any atom is -0.392 e. The van der Waals surface area contributed by atoms with Crippen LogP contribution in [0.25, 0.3) is 0 Å². The van der Waals surface area contributed by atoms with Gasteiger partial charge in [0.2, 0.25) is 10.0 Å². The first-order valence-electron chi connectivity index (χ1n) is 7.55. The third-order valence-electron chi connectivity index (χ3n) is 3.32. The van der Waals surface area contributed by atoms with Gasteiger partial charge in [0.15, 0.2) is 0 Å². The summed E-state index contributed by atoms with van der Waals surface area (Å²) < 4.78 is 26.4. The summed E-state index contributed by atoms with van der Waals surface area (Å²) in [6.45, 7) is 1.42. The Morgan fingerprint density at radius 1 is 1.20 bits per heavy atom. The number of carbonyl (C=O) groups excluding carboxylic acids is 1. The van der Waals surface area contributed by atoms with Crippen molar-refractivity contribution in [2.24, 2.45) is 0 Å². The SMILES string of the molecule is CSc1cccc(NC(=O)c2ccc(S(=O)(=O)NCC(C)O)cc2)c1. The summed E-state index contributed by atoms with van der Waals surface area (Å²) in [4.78, 5) is 13.3. The largest absolute Gasteiger partial charge is 0.392 e. The van der Waals surface area contributed by atoms with Crippen molar-refractivity contribution >= 4 is 33.4 Å². The van der Waals surface area contributed by atoms with E-state index in [1.165, 1.54) is 31.2 Å². The number of rotatable bonds is 7. The lowest BCUT2D eigenvalue weighted by Gasteiger charge is -2.09. The van der Waals surface area contributed by atoms with E-state index >= 15 is 0 Å². The van der Waals surface area contributed by atoms with E-state index in [1.54, 1.807) is 17.8 Å². The van der Waals surface area contributed by atoms with Gasteiger partial charge in [-0.05, 0) is 55.6 Å². The number of benzene rings is 2. The van der Waals surface area contributed by atoms with Gasteiger partial charge in [0.1, 0.15) is 0 Å². The Morgan fingerprint density at radius 2 is 1.88 bits per heavy atom. The third-order valence-corrected chi connectivity index (χ3v) is 5.49. The zero-order valence-corrected chi connectivity index (χ0v) is 15.5. The quantitative estimate of drug-likeness (QED) is 0.641. The average Bonchev–Trinajstić information content (AvgIpc) is 2.60. The molecule has 1 amide bonds. The third kappa shape index (κ3) is 5.57. The fourth-order valence-electron chi connectivity index (χ4n) is 2.00. The van der Waals surface area contributed by atoms with Gasteiger partial charge >= 0.3 is 0 Å². The normalized spacial score (nSPS) is 12.6. The van der Waals surface area contributed by atoms with Gasteiger partial charge in [0.05, 0.1) is 11.0 Å². The molecule has 0 aliphatic rings. The fraction of sp³-hybridized carbons (Fsp3) is 0.235. The number of amides is 1. The van der Waals surface area contributed by atoms with Crippen LogP contribution in [0.2, 0.25) is 0 Å². The molecule has 0 spiro atoms. The van der Waals surface area contributed by atoms with Crippen LogP contribution in [0.4, 0.5) is 5.69 Å². The first kappa shape index (κ1) is 19.5. The summed E-state index contributed by atoms with van der Waals surface area (Å²) in [6.07, 6.45) is 1.17.